The number of aromatic nitrogens is 3. The summed E-state index contributed by atoms with van der Waals surface area (Å²) >= 11 is 0. The molecule has 0 aliphatic heterocycles. The Morgan fingerprint density at radius 1 is 1.19 bits per heavy atom. The third kappa shape index (κ3) is 3.99. The first-order chi connectivity index (χ1) is 15.1. The van der Waals surface area contributed by atoms with Gasteiger partial charge in [-0.25, -0.2) is 9.97 Å². The molecule has 0 saturated heterocycles. The molecule has 1 saturated carbocycles. The number of H-pyrrole nitrogens is 1. The fourth-order valence-electron chi connectivity index (χ4n) is 4.35. The number of carbonyl (C=O) groups excluding carboxylic acids is 1. The maximum atomic E-state index is 13.0. The van der Waals surface area contributed by atoms with Gasteiger partial charge in [0.05, 0.1) is 11.1 Å². The van der Waals surface area contributed by atoms with Gasteiger partial charge in [-0.2, -0.15) is 0 Å². The zero-order valence-electron chi connectivity index (χ0n) is 17.8. The van der Waals surface area contributed by atoms with E-state index in [0.29, 0.717) is 28.5 Å². The minimum Gasteiger partial charge on any atom is -0.384 e. The number of rotatable bonds is 7. The van der Waals surface area contributed by atoms with Crippen LogP contribution in [0.15, 0.2) is 36.5 Å². The maximum Gasteiger partial charge on any atom is 0.253 e. The maximum absolute atomic E-state index is 13.0. The molecule has 158 valence electrons. The third-order valence-corrected chi connectivity index (χ3v) is 6.04. The van der Waals surface area contributed by atoms with Crippen LogP contribution < -0.4 is 10.6 Å². The Labute approximate surface area is 181 Å². The number of amides is 1. The molecular weight excluding hydrogens is 388 g/mol. The van der Waals surface area contributed by atoms with Crippen molar-refractivity contribution in [2.24, 2.45) is 11.8 Å². The molecule has 2 heterocycles. The van der Waals surface area contributed by atoms with Crippen LogP contribution in [0.5, 0.6) is 0 Å². The van der Waals surface area contributed by atoms with Gasteiger partial charge in [0.1, 0.15) is 5.82 Å². The predicted molar refractivity (Wildman–Crippen MR) is 122 cm³/mol. The highest BCUT2D eigenvalue weighted by Gasteiger charge is 2.37. The molecule has 1 aromatic carbocycles. The average molecular weight is 415 g/mol. The van der Waals surface area contributed by atoms with Gasteiger partial charge in [0.15, 0.2) is 5.65 Å². The molecule has 0 radical (unpaired) electrons. The zero-order chi connectivity index (χ0) is 21.4. The molecule has 3 aromatic rings. The van der Waals surface area contributed by atoms with Crippen LogP contribution in [-0.2, 0) is 0 Å². The number of hydrogen-bond acceptors (Lipinski definition) is 5. The molecule has 7 heteroatoms. The Hall–Kier alpha value is -3.37. The monoisotopic (exact) mass is 414 g/mol. The van der Waals surface area contributed by atoms with Gasteiger partial charge < -0.3 is 20.5 Å². The van der Waals surface area contributed by atoms with Crippen LogP contribution in [0.1, 0.15) is 23.2 Å². The summed E-state index contributed by atoms with van der Waals surface area (Å²) in [4.78, 5) is 27.4. The van der Waals surface area contributed by atoms with Crippen molar-refractivity contribution in [1.82, 2.24) is 25.2 Å². The summed E-state index contributed by atoms with van der Waals surface area (Å²) in [5.74, 6) is 7.81. The van der Waals surface area contributed by atoms with Crippen LogP contribution in [-0.4, -0.2) is 59.0 Å². The molecular formula is C24H26N6O. The van der Waals surface area contributed by atoms with E-state index in [2.05, 4.69) is 56.4 Å². The fourth-order valence-corrected chi connectivity index (χ4v) is 4.35. The number of anilines is 1. The Morgan fingerprint density at radius 2 is 2.03 bits per heavy atom. The molecule has 1 amide bonds. The summed E-state index contributed by atoms with van der Waals surface area (Å²) in [6.07, 6.45) is 3.63. The molecule has 3 atom stereocenters. The van der Waals surface area contributed by atoms with E-state index in [4.69, 9.17) is 0 Å². The lowest BCUT2D eigenvalue weighted by molar-refractivity contribution is 0.0933. The van der Waals surface area contributed by atoms with Crippen molar-refractivity contribution in [3.05, 3.63) is 42.1 Å². The van der Waals surface area contributed by atoms with E-state index >= 15 is 0 Å². The summed E-state index contributed by atoms with van der Waals surface area (Å²) in [6.45, 7) is 1.85. The molecule has 31 heavy (non-hydrogen) atoms. The minimum absolute atomic E-state index is 0.0950. The topological polar surface area (TPSA) is 85.9 Å². The van der Waals surface area contributed by atoms with Gasteiger partial charge in [-0.1, -0.05) is 11.8 Å². The summed E-state index contributed by atoms with van der Waals surface area (Å²) in [7, 11) is 4.11. The van der Waals surface area contributed by atoms with E-state index in [-0.39, 0.29) is 17.9 Å². The zero-order valence-corrected chi connectivity index (χ0v) is 17.8. The SMILES string of the molecule is CN(C)CCNc1ccc(-c2nc3nccc(C(=O)NC4CC5C#CC4C5)c3[nH]2)cc1. The summed E-state index contributed by atoms with van der Waals surface area (Å²) in [5.41, 5.74) is 3.79. The second-order valence-electron chi connectivity index (χ2n) is 8.59. The highest BCUT2D eigenvalue weighted by Crippen LogP contribution is 2.35. The van der Waals surface area contributed by atoms with Crippen molar-refractivity contribution < 1.29 is 4.79 Å². The van der Waals surface area contributed by atoms with Gasteiger partial charge in [0, 0.05) is 48.4 Å². The largest absolute Gasteiger partial charge is 0.384 e. The lowest BCUT2D eigenvalue weighted by Crippen LogP contribution is -2.37. The van der Waals surface area contributed by atoms with Crippen LogP contribution in [0.4, 0.5) is 5.69 Å². The Kier molecular flexibility index (Phi) is 5.08. The number of likely N-dealkylation sites (N-methyl/N-ethyl adjacent to an activating group) is 1. The standard InChI is InChI=1S/C24H26N6O/c1-30(2)12-11-25-18-7-5-16(6-8-18)22-28-21-19(9-10-26-23(21)29-22)24(31)27-20-14-15-3-4-17(20)13-15/h5-10,15,17,20,25H,11-14H2,1-2H3,(H,27,31)(H,26,28,29). The van der Waals surface area contributed by atoms with E-state index in [9.17, 15) is 4.79 Å². The Morgan fingerprint density at radius 3 is 2.74 bits per heavy atom. The molecule has 2 aliphatic rings. The smallest absolute Gasteiger partial charge is 0.253 e. The number of nitrogens with zero attached hydrogens (tertiary/aromatic N) is 3. The lowest BCUT2D eigenvalue weighted by atomic mass is 10.0. The molecule has 2 aromatic heterocycles. The molecule has 3 N–H and O–H groups in total. The number of nitrogens with one attached hydrogen (secondary N) is 3. The van der Waals surface area contributed by atoms with Gasteiger partial charge in [-0.05, 0) is 57.3 Å². The van der Waals surface area contributed by atoms with Crippen molar-refractivity contribution in [1.29, 1.82) is 0 Å². The normalized spacial score (nSPS) is 21.3. The predicted octanol–water partition coefficient (Wildman–Crippen LogP) is 2.74. The average Bonchev–Trinajstić information content (AvgIpc) is 3.49. The number of imidazole rings is 1. The van der Waals surface area contributed by atoms with Crippen molar-refractivity contribution in [2.75, 3.05) is 32.5 Å². The number of aromatic amines is 1. The van der Waals surface area contributed by atoms with Crippen molar-refractivity contribution in [3.8, 4) is 23.2 Å². The molecule has 1 fully saturated rings. The van der Waals surface area contributed by atoms with Crippen molar-refractivity contribution in [3.63, 3.8) is 0 Å². The van der Waals surface area contributed by atoms with Gasteiger partial charge in [-0.3, -0.25) is 4.79 Å². The first kappa shape index (κ1) is 19.6. The molecule has 5 rings (SSSR count). The van der Waals surface area contributed by atoms with Gasteiger partial charge in [0.2, 0.25) is 0 Å². The van der Waals surface area contributed by atoms with E-state index in [1.54, 1.807) is 12.3 Å². The van der Waals surface area contributed by atoms with Crippen LogP contribution in [0.2, 0.25) is 0 Å². The Bertz CT molecular complexity index is 1170. The fraction of sp³-hybridized carbons (Fsp3) is 0.375. The molecule has 3 unspecified atom stereocenters. The first-order valence-electron chi connectivity index (χ1n) is 10.7. The number of fused-ring (bicyclic) bond motifs is 3. The first-order valence-corrected chi connectivity index (χ1v) is 10.7. The molecule has 7 nitrogen and oxygen atoms in total. The van der Waals surface area contributed by atoms with Gasteiger partial charge in [-0.15, -0.1) is 0 Å². The number of pyridine rings is 1. The highest BCUT2D eigenvalue weighted by molar-refractivity contribution is 6.04. The van der Waals surface area contributed by atoms with Crippen LogP contribution in [0.3, 0.4) is 0 Å². The summed E-state index contributed by atoms with van der Waals surface area (Å²) in [6, 6.07) is 9.99. The number of hydrogen-bond donors (Lipinski definition) is 3. The molecule has 2 bridgehead atoms. The van der Waals surface area contributed by atoms with E-state index < -0.39 is 0 Å². The van der Waals surface area contributed by atoms with E-state index in [0.717, 1.165) is 37.2 Å². The van der Waals surface area contributed by atoms with E-state index in [1.807, 2.05) is 24.3 Å². The second-order valence-corrected chi connectivity index (χ2v) is 8.59. The van der Waals surface area contributed by atoms with Crippen LogP contribution in [0, 0.1) is 23.7 Å². The van der Waals surface area contributed by atoms with Gasteiger partial charge in [0.25, 0.3) is 5.91 Å². The van der Waals surface area contributed by atoms with Crippen LogP contribution in [0.25, 0.3) is 22.6 Å². The Balaban J connectivity index is 1.33. The summed E-state index contributed by atoms with van der Waals surface area (Å²) in [5, 5.41) is 6.58. The van der Waals surface area contributed by atoms with Crippen LogP contribution >= 0.6 is 0 Å². The lowest BCUT2D eigenvalue weighted by Gasteiger charge is -2.17. The third-order valence-electron chi connectivity index (χ3n) is 6.04. The highest BCUT2D eigenvalue weighted by atomic mass is 16.1. The van der Waals surface area contributed by atoms with Crippen molar-refractivity contribution >= 4 is 22.8 Å². The van der Waals surface area contributed by atoms with E-state index in [1.165, 1.54) is 0 Å². The second kappa shape index (κ2) is 8.05. The number of carbonyl (C=O) groups is 1. The molecule has 2 aliphatic carbocycles. The van der Waals surface area contributed by atoms with Gasteiger partial charge >= 0.3 is 0 Å². The number of benzene rings is 1. The summed E-state index contributed by atoms with van der Waals surface area (Å²) < 4.78 is 0. The quantitative estimate of drug-likeness (QED) is 0.518. The van der Waals surface area contributed by atoms with Crippen molar-refractivity contribution in [2.45, 2.75) is 18.9 Å². The molecule has 0 spiro atoms. The minimum atomic E-state index is -0.0950.